The Kier molecular flexibility index (Phi) is 5.34. The van der Waals surface area contributed by atoms with Gasteiger partial charge in [-0.2, -0.15) is 5.10 Å². The summed E-state index contributed by atoms with van der Waals surface area (Å²) in [7, 11) is 1.92. The maximum atomic E-state index is 11.8. The third-order valence-electron chi connectivity index (χ3n) is 3.17. The number of rotatable bonds is 6. The first kappa shape index (κ1) is 14.7. The number of carbonyl (C=O) groups excluding carboxylic acids is 1. The van der Waals surface area contributed by atoms with Gasteiger partial charge in [-0.1, -0.05) is 6.92 Å². The smallest absolute Gasteiger partial charge is 0.221 e. The summed E-state index contributed by atoms with van der Waals surface area (Å²) in [5.41, 5.74) is 3.20. The van der Waals surface area contributed by atoms with Gasteiger partial charge in [-0.05, 0) is 27.3 Å². The number of nitrogens with zero attached hydrogens (tertiary/aromatic N) is 2. The summed E-state index contributed by atoms with van der Waals surface area (Å²) >= 11 is 0. The van der Waals surface area contributed by atoms with Crippen LogP contribution >= 0.6 is 0 Å². The summed E-state index contributed by atoms with van der Waals surface area (Å²) in [6, 6.07) is 0.214. The second kappa shape index (κ2) is 6.54. The van der Waals surface area contributed by atoms with Crippen molar-refractivity contribution in [1.82, 2.24) is 20.4 Å². The summed E-state index contributed by atoms with van der Waals surface area (Å²) < 4.78 is 1.85. The van der Waals surface area contributed by atoms with Crippen molar-refractivity contribution in [3.05, 3.63) is 17.0 Å². The van der Waals surface area contributed by atoms with Gasteiger partial charge in [0.1, 0.15) is 0 Å². The van der Waals surface area contributed by atoms with Crippen molar-refractivity contribution in [2.45, 2.75) is 46.7 Å². The zero-order chi connectivity index (χ0) is 13.7. The third kappa shape index (κ3) is 3.84. The lowest BCUT2D eigenvalue weighted by molar-refractivity contribution is -0.121. The highest BCUT2D eigenvalue weighted by molar-refractivity contribution is 5.76. The molecular formula is C13H24N4O. The Balaban J connectivity index is 2.47. The minimum absolute atomic E-state index is 0.0751. The standard InChI is InChI=1S/C13H24N4O/c1-6-14-9(2)7-13(18)15-8-12-10(3)16-17(5)11(12)4/h9,14H,6-8H2,1-5H3,(H,15,18). The molecule has 0 saturated heterocycles. The molecule has 0 aromatic carbocycles. The van der Waals surface area contributed by atoms with E-state index in [1.807, 2.05) is 39.4 Å². The molecule has 2 N–H and O–H groups in total. The number of aromatic nitrogens is 2. The quantitative estimate of drug-likeness (QED) is 0.795. The van der Waals surface area contributed by atoms with E-state index in [4.69, 9.17) is 0 Å². The molecule has 1 atom stereocenters. The third-order valence-corrected chi connectivity index (χ3v) is 3.17. The molecule has 0 aliphatic rings. The predicted octanol–water partition coefficient (Wildman–Crippen LogP) is 1.04. The molecule has 1 aromatic heterocycles. The monoisotopic (exact) mass is 252 g/mol. The fourth-order valence-electron chi connectivity index (χ4n) is 2.03. The molecule has 0 spiro atoms. The van der Waals surface area contributed by atoms with E-state index in [0.717, 1.165) is 23.5 Å². The van der Waals surface area contributed by atoms with Gasteiger partial charge in [0, 0.05) is 37.3 Å². The average molecular weight is 252 g/mol. The van der Waals surface area contributed by atoms with Crippen molar-refractivity contribution in [2.75, 3.05) is 6.54 Å². The first-order valence-corrected chi connectivity index (χ1v) is 6.44. The number of aryl methyl sites for hydroxylation is 2. The Morgan fingerprint density at radius 1 is 1.44 bits per heavy atom. The van der Waals surface area contributed by atoms with E-state index in [9.17, 15) is 4.79 Å². The maximum absolute atomic E-state index is 11.8. The van der Waals surface area contributed by atoms with Gasteiger partial charge in [0.15, 0.2) is 0 Å². The lowest BCUT2D eigenvalue weighted by Crippen LogP contribution is -2.33. The summed E-state index contributed by atoms with van der Waals surface area (Å²) in [4.78, 5) is 11.8. The normalized spacial score (nSPS) is 12.5. The summed E-state index contributed by atoms with van der Waals surface area (Å²) in [6.07, 6.45) is 0.506. The van der Waals surface area contributed by atoms with Crippen LogP contribution in [0.1, 0.15) is 37.2 Å². The average Bonchev–Trinajstić information content (AvgIpc) is 2.51. The Labute approximate surface area is 109 Å². The van der Waals surface area contributed by atoms with E-state index in [-0.39, 0.29) is 11.9 Å². The topological polar surface area (TPSA) is 59.0 Å². The lowest BCUT2D eigenvalue weighted by atomic mass is 10.2. The molecule has 0 aliphatic carbocycles. The highest BCUT2D eigenvalue weighted by atomic mass is 16.1. The van der Waals surface area contributed by atoms with Crippen LogP contribution in [-0.2, 0) is 18.4 Å². The number of amides is 1. The van der Waals surface area contributed by atoms with Gasteiger partial charge in [0.05, 0.1) is 5.69 Å². The van der Waals surface area contributed by atoms with Gasteiger partial charge in [-0.3, -0.25) is 9.48 Å². The van der Waals surface area contributed by atoms with Crippen molar-refractivity contribution in [3.63, 3.8) is 0 Å². The molecule has 0 fully saturated rings. The van der Waals surface area contributed by atoms with Crippen molar-refractivity contribution in [3.8, 4) is 0 Å². The first-order chi connectivity index (χ1) is 8.45. The Morgan fingerprint density at radius 2 is 2.11 bits per heavy atom. The van der Waals surface area contributed by atoms with Gasteiger partial charge >= 0.3 is 0 Å². The molecule has 18 heavy (non-hydrogen) atoms. The molecule has 1 amide bonds. The highest BCUT2D eigenvalue weighted by Crippen LogP contribution is 2.11. The molecule has 5 nitrogen and oxygen atoms in total. The molecule has 1 heterocycles. The maximum Gasteiger partial charge on any atom is 0.221 e. The zero-order valence-electron chi connectivity index (χ0n) is 12.0. The molecule has 1 rings (SSSR count). The van der Waals surface area contributed by atoms with E-state index in [1.54, 1.807) is 0 Å². The van der Waals surface area contributed by atoms with Crippen molar-refractivity contribution in [2.24, 2.45) is 7.05 Å². The molecule has 1 aromatic rings. The van der Waals surface area contributed by atoms with Gasteiger partial charge in [0.25, 0.3) is 0 Å². The largest absolute Gasteiger partial charge is 0.352 e. The van der Waals surface area contributed by atoms with Crippen LogP contribution < -0.4 is 10.6 Å². The molecule has 0 aliphatic heterocycles. The van der Waals surface area contributed by atoms with Gasteiger partial charge in [0.2, 0.25) is 5.91 Å². The number of carbonyl (C=O) groups is 1. The molecule has 102 valence electrons. The molecule has 0 bridgehead atoms. The van der Waals surface area contributed by atoms with E-state index in [2.05, 4.69) is 15.7 Å². The molecule has 0 radical (unpaired) electrons. The van der Waals surface area contributed by atoms with Crippen molar-refractivity contribution in [1.29, 1.82) is 0 Å². The molecule has 1 unspecified atom stereocenters. The second-order valence-corrected chi connectivity index (χ2v) is 4.71. The van der Waals surface area contributed by atoms with Crippen LogP contribution in [0.5, 0.6) is 0 Å². The number of hydrogen-bond acceptors (Lipinski definition) is 3. The van der Waals surface area contributed by atoms with Gasteiger partial charge in [-0.25, -0.2) is 0 Å². The van der Waals surface area contributed by atoms with Crippen LogP contribution in [0.15, 0.2) is 0 Å². The van der Waals surface area contributed by atoms with E-state index >= 15 is 0 Å². The Hall–Kier alpha value is -1.36. The SMILES string of the molecule is CCNC(C)CC(=O)NCc1c(C)nn(C)c1C. The predicted molar refractivity (Wildman–Crippen MR) is 72.3 cm³/mol. The van der Waals surface area contributed by atoms with E-state index < -0.39 is 0 Å². The molecular weight excluding hydrogens is 228 g/mol. The van der Waals surface area contributed by atoms with Crippen LogP contribution in [0, 0.1) is 13.8 Å². The summed E-state index contributed by atoms with van der Waals surface area (Å²) in [5, 5.41) is 10.5. The zero-order valence-corrected chi connectivity index (χ0v) is 12.0. The van der Waals surface area contributed by atoms with Gasteiger partial charge in [-0.15, -0.1) is 0 Å². The number of hydrogen-bond donors (Lipinski definition) is 2. The lowest BCUT2D eigenvalue weighted by Gasteiger charge is -2.12. The minimum Gasteiger partial charge on any atom is -0.352 e. The van der Waals surface area contributed by atoms with Crippen LogP contribution in [0.25, 0.3) is 0 Å². The van der Waals surface area contributed by atoms with Crippen LogP contribution in [0.2, 0.25) is 0 Å². The highest BCUT2D eigenvalue weighted by Gasteiger charge is 2.12. The van der Waals surface area contributed by atoms with E-state index in [0.29, 0.717) is 13.0 Å². The molecule has 0 saturated carbocycles. The Morgan fingerprint density at radius 3 is 2.61 bits per heavy atom. The number of nitrogens with one attached hydrogen (secondary N) is 2. The van der Waals surface area contributed by atoms with Crippen LogP contribution in [0.4, 0.5) is 0 Å². The minimum atomic E-state index is 0.0751. The second-order valence-electron chi connectivity index (χ2n) is 4.71. The molecule has 5 heteroatoms. The first-order valence-electron chi connectivity index (χ1n) is 6.44. The van der Waals surface area contributed by atoms with Crippen LogP contribution in [0.3, 0.4) is 0 Å². The fourth-order valence-corrected chi connectivity index (χ4v) is 2.03. The van der Waals surface area contributed by atoms with Crippen molar-refractivity contribution < 1.29 is 4.79 Å². The summed E-state index contributed by atoms with van der Waals surface area (Å²) in [6.45, 7) is 9.48. The fraction of sp³-hybridized carbons (Fsp3) is 0.692. The van der Waals surface area contributed by atoms with E-state index in [1.165, 1.54) is 0 Å². The van der Waals surface area contributed by atoms with Crippen molar-refractivity contribution >= 4 is 5.91 Å². The summed E-state index contributed by atoms with van der Waals surface area (Å²) in [5.74, 6) is 0.0751. The Bertz CT molecular complexity index is 411. The van der Waals surface area contributed by atoms with Gasteiger partial charge < -0.3 is 10.6 Å². The van der Waals surface area contributed by atoms with Crippen LogP contribution in [-0.4, -0.2) is 28.3 Å².